The van der Waals surface area contributed by atoms with Gasteiger partial charge in [0.05, 0.1) is 23.8 Å². The number of pyridine rings is 1. The van der Waals surface area contributed by atoms with Crippen molar-refractivity contribution in [2.24, 2.45) is 5.73 Å². The summed E-state index contributed by atoms with van der Waals surface area (Å²) >= 11 is 5.16. The molecule has 0 amide bonds. The molecule has 0 radical (unpaired) electrons. The molecule has 1 aromatic heterocycles. The maximum Gasteiger partial charge on any atom is 0.213 e. The van der Waals surface area contributed by atoms with Gasteiger partial charge in [-0.3, -0.25) is 9.80 Å². The molecule has 1 aliphatic rings. The molecule has 21 heavy (non-hydrogen) atoms. The Labute approximate surface area is 132 Å². The van der Waals surface area contributed by atoms with Crippen LogP contribution in [0.25, 0.3) is 0 Å². The zero-order valence-electron chi connectivity index (χ0n) is 12.8. The number of hydrogen-bond acceptors (Lipinski definition) is 5. The fourth-order valence-corrected chi connectivity index (χ4v) is 3.08. The maximum absolute atomic E-state index is 5.82. The maximum atomic E-state index is 5.82. The second-order valence-corrected chi connectivity index (χ2v) is 5.78. The first-order valence-electron chi connectivity index (χ1n) is 7.39. The monoisotopic (exact) mass is 308 g/mol. The quantitative estimate of drug-likeness (QED) is 0.799. The van der Waals surface area contributed by atoms with Crippen molar-refractivity contribution in [2.45, 2.75) is 25.9 Å². The van der Waals surface area contributed by atoms with Crippen LogP contribution >= 0.6 is 12.2 Å². The first kappa shape index (κ1) is 16.1. The van der Waals surface area contributed by atoms with E-state index in [2.05, 4.69) is 21.7 Å². The highest BCUT2D eigenvalue weighted by Crippen LogP contribution is 2.13. The second-order valence-electron chi connectivity index (χ2n) is 5.31. The normalized spacial score (nSPS) is 18.4. The lowest BCUT2D eigenvalue weighted by atomic mass is 10.1. The van der Waals surface area contributed by atoms with Gasteiger partial charge in [0, 0.05) is 38.8 Å². The molecule has 5 nitrogen and oxygen atoms in total. The van der Waals surface area contributed by atoms with Crippen molar-refractivity contribution in [3.8, 4) is 5.88 Å². The van der Waals surface area contributed by atoms with E-state index in [0.29, 0.717) is 10.9 Å². The van der Waals surface area contributed by atoms with Crippen molar-refractivity contribution in [1.82, 2.24) is 14.8 Å². The Morgan fingerprint density at radius 3 is 2.67 bits per heavy atom. The van der Waals surface area contributed by atoms with E-state index in [-0.39, 0.29) is 6.04 Å². The first-order chi connectivity index (χ1) is 10.1. The van der Waals surface area contributed by atoms with Gasteiger partial charge in [0.1, 0.15) is 0 Å². The van der Waals surface area contributed by atoms with Gasteiger partial charge in [-0.15, -0.1) is 0 Å². The van der Waals surface area contributed by atoms with Crippen molar-refractivity contribution < 1.29 is 4.74 Å². The smallest absolute Gasteiger partial charge is 0.213 e. The van der Waals surface area contributed by atoms with Crippen molar-refractivity contribution in [3.05, 3.63) is 23.9 Å². The summed E-state index contributed by atoms with van der Waals surface area (Å²) in [5.74, 6) is 0.672. The van der Waals surface area contributed by atoms with Crippen LogP contribution in [0, 0.1) is 0 Å². The van der Waals surface area contributed by atoms with Crippen LogP contribution in [-0.4, -0.2) is 59.1 Å². The van der Waals surface area contributed by atoms with Crippen molar-refractivity contribution in [1.29, 1.82) is 0 Å². The molecule has 1 saturated heterocycles. The van der Waals surface area contributed by atoms with Gasteiger partial charge in [0.25, 0.3) is 0 Å². The average Bonchev–Trinajstić information content (AvgIpc) is 2.49. The van der Waals surface area contributed by atoms with E-state index in [1.165, 1.54) is 0 Å². The van der Waals surface area contributed by atoms with Crippen molar-refractivity contribution in [2.75, 3.05) is 33.3 Å². The predicted molar refractivity (Wildman–Crippen MR) is 88.5 cm³/mol. The van der Waals surface area contributed by atoms with Crippen LogP contribution in [0.15, 0.2) is 18.2 Å². The van der Waals surface area contributed by atoms with Gasteiger partial charge in [-0.1, -0.05) is 25.2 Å². The molecule has 1 fully saturated rings. The molecular formula is C15H24N4OS. The molecule has 2 N–H and O–H groups in total. The summed E-state index contributed by atoms with van der Waals surface area (Å²) in [5, 5.41) is 0. The van der Waals surface area contributed by atoms with Crippen LogP contribution in [0.1, 0.15) is 19.0 Å². The Kier molecular flexibility index (Phi) is 5.90. The zero-order valence-corrected chi connectivity index (χ0v) is 13.6. The standard InChI is InChI=1S/C15H24N4OS/c1-3-13(15(16)21)19-9-7-18(8-10-19)11-12-5-4-6-14(17-12)20-2/h4-6,13H,3,7-11H2,1-2H3,(H2,16,21). The highest BCUT2D eigenvalue weighted by Gasteiger charge is 2.24. The highest BCUT2D eigenvalue weighted by molar-refractivity contribution is 7.80. The second kappa shape index (κ2) is 7.68. The molecule has 2 rings (SSSR count). The molecule has 0 saturated carbocycles. The van der Waals surface area contributed by atoms with E-state index in [4.69, 9.17) is 22.7 Å². The van der Waals surface area contributed by atoms with Gasteiger partial charge >= 0.3 is 0 Å². The Morgan fingerprint density at radius 1 is 1.38 bits per heavy atom. The third-order valence-electron chi connectivity index (χ3n) is 3.94. The summed E-state index contributed by atoms with van der Waals surface area (Å²) in [4.78, 5) is 9.87. The lowest BCUT2D eigenvalue weighted by Gasteiger charge is -2.38. The molecule has 0 bridgehead atoms. The summed E-state index contributed by atoms with van der Waals surface area (Å²) in [5.41, 5.74) is 6.87. The lowest BCUT2D eigenvalue weighted by molar-refractivity contribution is 0.111. The van der Waals surface area contributed by atoms with Gasteiger partial charge in [0.15, 0.2) is 0 Å². The minimum atomic E-state index is 0.233. The van der Waals surface area contributed by atoms with E-state index >= 15 is 0 Å². The van der Waals surface area contributed by atoms with Gasteiger partial charge in [0.2, 0.25) is 5.88 Å². The minimum absolute atomic E-state index is 0.233. The summed E-state index contributed by atoms with van der Waals surface area (Å²) in [7, 11) is 1.64. The summed E-state index contributed by atoms with van der Waals surface area (Å²) in [6.07, 6.45) is 0.979. The zero-order chi connectivity index (χ0) is 15.2. The molecule has 0 aliphatic carbocycles. The SMILES string of the molecule is CCC(C(N)=S)N1CCN(Cc2cccc(OC)n2)CC1. The molecule has 6 heteroatoms. The van der Waals surface area contributed by atoms with Crippen LogP contribution < -0.4 is 10.5 Å². The Balaban J connectivity index is 1.87. The molecule has 0 spiro atoms. The van der Waals surface area contributed by atoms with Gasteiger partial charge in [-0.2, -0.15) is 0 Å². The third kappa shape index (κ3) is 4.36. The van der Waals surface area contributed by atoms with Crippen LogP contribution in [0.4, 0.5) is 0 Å². The molecule has 2 heterocycles. The molecule has 1 aliphatic heterocycles. The minimum Gasteiger partial charge on any atom is -0.481 e. The Hall–Kier alpha value is -1.24. The van der Waals surface area contributed by atoms with Crippen LogP contribution in [-0.2, 0) is 6.54 Å². The lowest BCUT2D eigenvalue weighted by Crippen LogP contribution is -2.53. The van der Waals surface area contributed by atoms with E-state index in [9.17, 15) is 0 Å². The van der Waals surface area contributed by atoms with E-state index in [1.54, 1.807) is 7.11 Å². The highest BCUT2D eigenvalue weighted by atomic mass is 32.1. The number of methoxy groups -OCH3 is 1. The predicted octanol–water partition coefficient (Wildman–Crippen LogP) is 1.27. The first-order valence-corrected chi connectivity index (χ1v) is 7.80. The molecular weight excluding hydrogens is 284 g/mol. The van der Waals surface area contributed by atoms with E-state index in [1.807, 2.05) is 18.2 Å². The van der Waals surface area contributed by atoms with Crippen molar-refractivity contribution in [3.63, 3.8) is 0 Å². The van der Waals surface area contributed by atoms with Gasteiger partial charge in [-0.25, -0.2) is 4.98 Å². The van der Waals surface area contributed by atoms with Crippen LogP contribution in [0.3, 0.4) is 0 Å². The number of nitrogens with two attached hydrogens (primary N) is 1. The summed E-state index contributed by atoms with van der Waals surface area (Å²) in [6.45, 7) is 7.01. The topological polar surface area (TPSA) is 54.6 Å². The fraction of sp³-hybridized carbons (Fsp3) is 0.600. The number of nitrogens with zero attached hydrogens (tertiary/aromatic N) is 3. The van der Waals surface area contributed by atoms with E-state index < -0.39 is 0 Å². The van der Waals surface area contributed by atoms with Crippen molar-refractivity contribution >= 4 is 17.2 Å². The molecule has 116 valence electrons. The summed E-state index contributed by atoms with van der Waals surface area (Å²) in [6, 6.07) is 6.13. The average molecular weight is 308 g/mol. The molecule has 1 aromatic rings. The van der Waals surface area contributed by atoms with Gasteiger partial charge in [-0.05, 0) is 12.5 Å². The summed E-state index contributed by atoms with van der Waals surface area (Å²) < 4.78 is 5.17. The number of aromatic nitrogens is 1. The van der Waals surface area contributed by atoms with Crippen LogP contribution in [0.5, 0.6) is 5.88 Å². The molecule has 0 aromatic carbocycles. The number of rotatable bonds is 6. The van der Waals surface area contributed by atoms with Gasteiger partial charge < -0.3 is 10.5 Å². The Morgan fingerprint density at radius 2 is 2.10 bits per heavy atom. The molecule has 1 unspecified atom stereocenters. The van der Waals surface area contributed by atoms with Crippen LogP contribution in [0.2, 0.25) is 0 Å². The molecule has 1 atom stereocenters. The largest absolute Gasteiger partial charge is 0.481 e. The number of hydrogen-bond donors (Lipinski definition) is 1. The number of piperazine rings is 1. The third-order valence-corrected chi connectivity index (χ3v) is 4.21. The number of ether oxygens (including phenoxy) is 1. The number of thiocarbonyl (C=S) groups is 1. The fourth-order valence-electron chi connectivity index (χ4n) is 2.76. The Bertz CT molecular complexity index is 474. The van der Waals surface area contributed by atoms with E-state index in [0.717, 1.165) is 44.8 Å².